The minimum absolute atomic E-state index is 0. The summed E-state index contributed by atoms with van der Waals surface area (Å²) in [4.78, 5) is 19.6. The summed E-state index contributed by atoms with van der Waals surface area (Å²) in [6.07, 6.45) is 3.98. The zero-order valence-corrected chi connectivity index (χ0v) is 15.0. The molecule has 0 radical (unpaired) electrons. The van der Waals surface area contributed by atoms with E-state index in [0.29, 0.717) is 12.6 Å². The lowest BCUT2D eigenvalue weighted by atomic mass is 10.4. The van der Waals surface area contributed by atoms with E-state index >= 15 is 0 Å². The predicted molar refractivity (Wildman–Crippen MR) is 92.7 cm³/mol. The van der Waals surface area contributed by atoms with Crippen LogP contribution < -0.4 is 5.32 Å². The summed E-state index contributed by atoms with van der Waals surface area (Å²) in [6.45, 7) is 0.784. The monoisotopic (exact) mass is 406 g/mol. The summed E-state index contributed by atoms with van der Waals surface area (Å²) in [5.41, 5.74) is 0. The highest BCUT2D eigenvalue weighted by atomic mass is 127. The van der Waals surface area contributed by atoms with Crippen molar-refractivity contribution in [3.05, 3.63) is 24.2 Å². The van der Waals surface area contributed by atoms with Crippen molar-refractivity contribution in [2.75, 3.05) is 27.7 Å². The molecule has 1 fully saturated rings. The number of amides is 1. The van der Waals surface area contributed by atoms with E-state index in [1.807, 2.05) is 24.1 Å². The molecule has 21 heavy (non-hydrogen) atoms. The number of halogens is 1. The highest BCUT2D eigenvalue weighted by Crippen LogP contribution is 2.19. The minimum Gasteiger partial charge on any atom is -0.467 e. The lowest BCUT2D eigenvalue weighted by molar-refractivity contribution is -0.127. The lowest BCUT2D eigenvalue weighted by Gasteiger charge is -2.21. The SMILES string of the molecule is CN(C)C(=O)CN=C(NC1CC1)N(C)Cc1ccco1.I. The molecule has 1 N–H and O–H groups in total. The van der Waals surface area contributed by atoms with Gasteiger partial charge in [0.15, 0.2) is 5.96 Å². The van der Waals surface area contributed by atoms with Crippen molar-refractivity contribution in [1.29, 1.82) is 0 Å². The highest BCUT2D eigenvalue weighted by molar-refractivity contribution is 14.0. The van der Waals surface area contributed by atoms with E-state index in [1.54, 1.807) is 25.3 Å². The number of nitrogens with one attached hydrogen (secondary N) is 1. The topological polar surface area (TPSA) is 61.1 Å². The fourth-order valence-corrected chi connectivity index (χ4v) is 1.68. The van der Waals surface area contributed by atoms with Gasteiger partial charge in [0.25, 0.3) is 0 Å². The highest BCUT2D eigenvalue weighted by Gasteiger charge is 2.24. The Bertz CT molecular complexity index is 469. The van der Waals surface area contributed by atoms with Crippen molar-refractivity contribution in [3.8, 4) is 0 Å². The van der Waals surface area contributed by atoms with Gasteiger partial charge in [0.05, 0.1) is 12.8 Å². The molecule has 0 atom stereocenters. The maximum Gasteiger partial charge on any atom is 0.243 e. The second-order valence-corrected chi connectivity index (χ2v) is 5.28. The molecule has 6 nitrogen and oxygen atoms in total. The molecule has 1 amide bonds. The molecule has 118 valence electrons. The number of carbonyl (C=O) groups is 1. The Morgan fingerprint density at radius 2 is 2.14 bits per heavy atom. The Morgan fingerprint density at radius 3 is 2.67 bits per heavy atom. The van der Waals surface area contributed by atoms with Gasteiger partial charge in [-0.1, -0.05) is 0 Å². The number of hydrogen-bond donors (Lipinski definition) is 1. The first-order valence-corrected chi connectivity index (χ1v) is 6.81. The second kappa shape index (κ2) is 8.26. The quantitative estimate of drug-likeness (QED) is 0.458. The van der Waals surface area contributed by atoms with E-state index in [2.05, 4.69) is 10.3 Å². The van der Waals surface area contributed by atoms with E-state index in [0.717, 1.165) is 24.6 Å². The van der Waals surface area contributed by atoms with Crippen molar-refractivity contribution < 1.29 is 9.21 Å². The van der Waals surface area contributed by atoms with Gasteiger partial charge in [-0.2, -0.15) is 0 Å². The third-order valence-corrected chi connectivity index (χ3v) is 3.11. The Balaban J connectivity index is 0.00000220. The van der Waals surface area contributed by atoms with Gasteiger partial charge in [-0.25, -0.2) is 4.99 Å². The van der Waals surface area contributed by atoms with Gasteiger partial charge in [-0.3, -0.25) is 4.79 Å². The lowest BCUT2D eigenvalue weighted by Crippen LogP contribution is -2.40. The normalized spacial score (nSPS) is 14.3. The van der Waals surface area contributed by atoms with Gasteiger partial charge in [0.1, 0.15) is 12.3 Å². The molecule has 0 spiro atoms. The Labute approximate surface area is 142 Å². The summed E-state index contributed by atoms with van der Waals surface area (Å²) in [5, 5.41) is 3.36. The summed E-state index contributed by atoms with van der Waals surface area (Å²) < 4.78 is 5.34. The first-order chi connectivity index (χ1) is 9.56. The predicted octanol–water partition coefficient (Wildman–Crippen LogP) is 1.53. The third-order valence-electron chi connectivity index (χ3n) is 3.11. The van der Waals surface area contributed by atoms with Crippen LogP contribution in [0, 0.1) is 0 Å². The van der Waals surface area contributed by atoms with E-state index in [4.69, 9.17) is 4.42 Å². The van der Waals surface area contributed by atoms with Crippen molar-refractivity contribution in [1.82, 2.24) is 15.1 Å². The fraction of sp³-hybridized carbons (Fsp3) is 0.571. The molecule has 0 aliphatic heterocycles. The standard InChI is InChI=1S/C14H22N4O2.HI/c1-17(2)13(19)9-15-14(16-11-6-7-11)18(3)10-12-5-4-8-20-12;/h4-5,8,11H,6-7,9-10H2,1-3H3,(H,15,16);1H. The van der Waals surface area contributed by atoms with Gasteiger partial charge in [0.2, 0.25) is 5.91 Å². The number of aliphatic imine (C=N–C) groups is 1. The van der Waals surface area contributed by atoms with Crippen LogP contribution >= 0.6 is 24.0 Å². The molecule has 1 aliphatic carbocycles. The second-order valence-electron chi connectivity index (χ2n) is 5.28. The number of rotatable bonds is 5. The molecule has 1 aromatic rings. The summed E-state index contributed by atoms with van der Waals surface area (Å²) in [5.74, 6) is 1.61. The minimum atomic E-state index is -0.00787. The zero-order valence-electron chi connectivity index (χ0n) is 12.7. The largest absolute Gasteiger partial charge is 0.467 e. The Hall–Kier alpha value is -1.25. The zero-order chi connectivity index (χ0) is 14.5. The molecule has 1 saturated carbocycles. The van der Waals surface area contributed by atoms with Crippen LogP contribution in [-0.4, -0.2) is 55.4 Å². The Morgan fingerprint density at radius 1 is 1.43 bits per heavy atom. The first-order valence-electron chi connectivity index (χ1n) is 6.81. The average molecular weight is 406 g/mol. The number of nitrogens with zero attached hydrogens (tertiary/aromatic N) is 3. The number of likely N-dealkylation sites (N-methyl/N-ethyl adjacent to an activating group) is 1. The van der Waals surface area contributed by atoms with Crippen molar-refractivity contribution in [2.24, 2.45) is 4.99 Å². The molecule has 0 saturated heterocycles. The number of furan rings is 1. The summed E-state index contributed by atoms with van der Waals surface area (Å²) in [6, 6.07) is 4.28. The molecule has 1 heterocycles. The molecule has 0 unspecified atom stereocenters. The molecular weight excluding hydrogens is 383 g/mol. The maximum absolute atomic E-state index is 11.6. The third kappa shape index (κ3) is 5.94. The van der Waals surface area contributed by atoms with Crippen LogP contribution in [0.5, 0.6) is 0 Å². The number of carbonyl (C=O) groups excluding carboxylic acids is 1. The van der Waals surface area contributed by atoms with Gasteiger partial charge < -0.3 is 19.5 Å². The van der Waals surface area contributed by atoms with Crippen LogP contribution in [0.25, 0.3) is 0 Å². The van der Waals surface area contributed by atoms with E-state index in [9.17, 15) is 4.79 Å². The van der Waals surface area contributed by atoms with Crippen LogP contribution in [0.2, 0.25) is 0 Å². The smallest absolute Gasteiger partial charge is 0.243 e. The van der Waals surface area contributed by atoms with Crippen LogP contribution in [0.3, 0.4) is 0 Å². The van der Waals surface area contributed by atoms with Crippen LogP contribution in [0.4, 0.5) is 0 Å². The van der Waals surface area contributed by atoms with Crippen LogP contribution in [0.15, 0.2) is 27.8 Å². The molecule has 7 heteroatoms. The average Bonchev–Trinajstić information content (AvgIpc) is 3.09. The molecular formula is C14H23IN4O2. The van der Waals surface area contributed by atoms with Crippen molar-refractivity contribution >= 4 is 35.8 Å². The van der Waals surface area contributed by atoms with Crippen molar-refractivity contribution in [2.45, 2.75) is 25.4 Å². The van der Waals surface area contributed by atoms with Crippen LogP contribution in [0.1, 0.15) is 18.6 Å². The summed E-state index contributed by atoms with van der Waals surface area (Å²) >= 11 is 0. The summed E-state index contributed by atoms with van der Waals surface area (Å²) in [7, 11) is 5.41. The molecule has 2 rings (SSSR count). The Kier molecular flexibility index (Phi) is 7.00. The van der Waals surface area contributed by atoms with Gasteiger partial charge in [-0.15, -0.1) is 24.0 Å². The molecule has 1 aromatic heterocycles. The number of guanidine groups is 1. The van der Waals surface area contributed by atoms with Crippen LogP contribution in [-0.2, 0) is 11.3 Å². The first kappa shape index (κ1) is 17.8. The van der Waals surface area contributed by atoms with Gasteiger partial charge in [0, 0.05) is 27.2 Å². The van der Waals surface area contributed by atoms with Crippen molar-refractivity contribution in [3.63, 3.8) is 0 Å². The maximum atomic E-state index is 11.6. The molecule has 1 aliphatic rings. The van der Waals surface area contributed by atoms with Gasteiger partial charge in [-0.05, 0) is 25.0 Å². The van der Waals surface area contributed by atoms with E-state index in [-0.39, 0.29) is 36.4 Å². The van der Waals surface area contributed by atoms with E-state index in [1.165, 1.54) is 0 Å². The number of hydrogen-bond acceptors (Lipinski definition) is 3. The van der Waals surface area contributed by atoms with E-state index < -0.39 is 0 Å². The molecule has 0 aromatic carbocycles. The van der Waals surface area contributed by atoms with Gasteiger partial charge >= 0.3 is 0 Å². The molecule has 0 bridgehead atoms. The fourth-order valence-electron chi connectivity index (χ4n) is 1.68.